The summed E-state index contributed by atoms with van der Waals surface area (Å²) in [6, 6.07) is 11.6. The number of nitrogens with zero attached hydrogens (tertiary/aromatic N) is 2. The first-order chi connectivity index (χ1) is 16.6. The zero-order chi connectivity index (χ0) is 25.4. The number of aromatic nitrogens is 1. The standard InChI is InChI=1S/C24H24ClF3N4O3/c1-32(2)11-12-34-22-14-20(25)19(24(26,27)28)13-21(22)31-23(33)30-15-16-3-5-17(6-4-16)35-18-7-9-29-10-8-18/h3-10,13-14H,11-12,15H2,1-2H3,(H2,30,31,33). The molecule has 0 spiro atoms. The van der Waals surface area contributed by atoms with Crippen LogP contribution in [0.1, 0.15) is 11.1 Å². The van der Waals surface area contributed by atoms with Crippen molar-refractivity contribution in [2.45, 2.75) is 12.7 Å². The number of amides is 2. The summed E-state index contributed by atoms with van der Waals surface area (Å²) in [6.07, 6.45) is -1.46. The van der Waals surface area contributed by atoms with Crippen molar-refractivity contribution >= 4 is 23.3 Å². The summed E-state index contributed by atoms with van der Waals surface area (Å²) in [5.74, 6) is 1.28. The molecule has 0 saturated carbocycles. The van der Waals surface area contributed by atoms with Gasteiger partial charge in [0, 0.05) is 31.5 Å². The number of ether oxygens (including phenoxy) is 2. The van der Waals surface area contributed by atoms with E-state index in [0.717, 1.165) is 17.7 Å². The van der Waals surface area contributed by atoms with Crippen molar-refractivity contribution in [1.29, 1.82) is 0 Å². The Balaban J connectivity index is 1.64. The second-order valence-corrected chi connectivity index (χ2v) is 8.12. The number of likely N-dealkylation sites (N-methyl/N-ethyl adjacent to an activating group) is 1. The average molecular weight is 509 g/mol. The zero-order valence-corrected chi connectivity index (χ0v) is 19.8. The van der Waals surface area contributed by atoms with E-state index in [9.17, 15) is 18.0 Å². The number of halogens is 4. The fraction of sp³-hybridized carbons (Fsp3) is 0.250. The van der Waals surface area contributed by atoms with Gasteiger partial charge in [0.15, 0.2) is 0 Å². The molecule has 3 rings (SSSR count). The summed E-state index contributed by atoms with van der Waals surface area (Å²) in [4.78, 5) is 18.2. The predicted molar refractivity (Wildman–Crippen MR) is 127 cm³/mol. The molecular formula is C24H24ClF3N4O3. The highest BCUT2D eigenvalue weighted by Gasteiger charge is 2.34. The second kappa shape index (κ2) is 11.8. The summed E-state index contributed by atoms with van der Waals surface area (Å²) in [6.45, 7) is 0.849. The number of anilines is 1. The van der Waals surface area contributed by atoms with Gasteiger partial charge in [-0.3, -0.25) is 4.98 Å². The largest absolute Gasteiger partial charge is 0.490 e. The lowest BCUT2D eigenvalue weighted by atomic mass is 10.1. The molecule has 0 atom stereocenters. The molecule has 3 aromatic rings. The highest BCUT2D eigenvalue weighted by molar-refractivity contribution is 6.31. The summed E-state index contributed by atoms with van der Waals surface area (Å²) in [5, 5.41) is 4.52. The van der Waals surface area contributed by atoms with Crippen molar-refractivity contribution in [3.8, 4) is 17.2 Å². The van der Waals surface area contributed by atoms with Crippen molar-refractivity contribution in [2.24, 2.45) is 0 Å². The third-order valence-corrected chi connectivity index (χ3v) is 4.99. The number of hydrogen-bond acceptors (Lipinski definition) is 5. The average Bonchev–Trinajstić information content (AvgIpc) is 2.80. The second-order valence-electron chi connectivity index (χ2n) is 7.71. The van der Waals surface area contributed by atoms with Crippen molar-refractivity contribution in [3.63, 3.8) is 0 Å². The molecule has 2 N–H and O–H groups in total. The van der Waals surface area contributed by atoms with Crippen LogP contribution in [0.2, 0.25) is 5.02 Å². The lowest BCUT2D eigenvalue weighted by Crippen LogP contribution is -2.28. The molecule has 35 heavy (non-hydrogen) atoms. The van der Waals surface area contributed by atoms with Crippen molar-refractivity contribution in [3.05, 3.63) is 77.1 Å². The molecule has 11 heteroatoms. The maximum absolute atomic E-state index is 13.3. The quantitative estimate of drug-likeness (QED) is 0.381. The first-order valence-corrected chi connectivity index (χ1v) is 10.9. The van der Waals surface area contributed by atoms with E-state index in [-0.39, 0.29) is 24.6 Å². The minimum Gasteiger partial charge on any atom is -0.490 e. The van der Waals surface area contributed by atoms with E-state index < -0.39 is 22.8 Å². The normalized spacial score (nSPS) is 11.3. The van der Waals surface area contributed by atoms with E-state index in [1.54, 1.807) is 48.8 Å². The Labute approximate surface area is 205 Å². The van der Waals surface area contributed by atoms with Gasteiger partial charge in [0.25, 0.3) is 0 Å². The van der Waals surface area contributed by atoms with Crippen LogP contribution >= 0.6 is 11.6 Å². The minimum atomic E-state index is -4.69. The van der Waals surface area contributed by atoms with Crippen LogP contribution < -0.4 is 20.1 Å². The maximum Gasteiger partial charge on any atom is 0.417 e. The van der Waals surface area contributed by atoms with Crippen LogP contribution in [0.25, 0.3) is 0 Å². The number of carbonyl (C=O) groups excluding carboxylic acids is 1. The van der Waals surface area contributed by atoms with E-state index in [0.29, 0.717) is 18.0 Å². The van der Waals surface area contributed by atoms with Crippen molar-refractivity contribution in [1.82, 2.24) is 15.2 Å². The molecule has 2 aromatic carbocycles. The Morgan fingerprint density at radius 2 is 1.71 bits per heavy atom. The first-order valence-electron chi connectivity index (χ1n) is 10.5. The van der Waals surface area contributed by atoms with Gasteiger partial charge in [-0.1, -0.05) is 23.7 Å². The van der Waals surface area contributed by atoms with Gasteiger partial charge in [-0.2, -0.15) is 13.2 Å². The van der Waals surface area contributed by atoms with Crippen molar-refractivity contribution in [2.75, 3.05) is 32.6 Å². The van der Waals surface area contributed by atoms with Crippen LogP contribution in [-0.4, -0.2) is 43.2 Å². The van der Waals surface area contributed by atoms with Crippen LogP contribution in [0.3, 0.4) is 0 Å². The SMILES string of the molecule is CN(C)CCOc1cc(Cl)c(C(F)(F)F)cc1NC(=O)NCc1ccc(Oc2ccncc2)cc1. The smallest absolute Gasteiger partial charge is 0.417 e. The minimum absolute atomic E-state index is 0.0395. The van der Waals surface area contributed by atoms with Crippen LogP contribution in [0.15, 0.2) is 60.9 Å². The fourth-order valence-corrected chi connectivity index (χ4v) is 3.15. The van der Waals surface area contributed by atoms with Gasteiger partial charge >= 0.3 is 12.2 Å². The van der Waals surface area contributed by atoms with Gasteiger partial charge in [0.1, 0.15) is 23.9 Å². The molecule has 0 bridgehead atoms. The van der Waals surface area contributed by atoms with Crippen molar-refractivity contribution < 1.29 is 27.4 Å². The van der Waals surface area contributed by atoms with E-state index in [2.05, 4.69) is 15.6 Å². The van der Waals surface area contributed by atoms with Crippen LogP contribution in [0.4, 0.5) is 23.7 Å². The molecule has 186 valence electrons. The molecular weight excluding hydrogens is 485 g/mol. The highest BCUT2D eigenvalue weighted by Crippen LogP contribution is 2.40. The van der Waals surface area contributed by atoms with Crippen LogP contribution in [0, 0.1) is 0 Å². The molecule has 2 amide bonds. The molecule has 0 aliphatic heterocycles. The third-order valence-electron chi connectivity index (χ3n) is 4.68. The molecule has 0 aliphatic carbocycles. The molecule has 0 fully saturated rings. The lowest BCUT2D eigenvalue weighted by Gasteiger charge is -2.18. The lowest BCUT2D eigenvalue weighted by molar-refractivity contribution is -0.137. The number of nitrogens with one attached hydrogen (secondary N) is 2. The molecule has 1 aromatic heterocycles. The molecule has 0 unspecified atom stereocenters. The Bertz CT molecular complexity index is 1130. The Morgan fingerprint density at radius 1 is 1.06 bits per heavy atom. The van der Waals surface area contributed by atoms with Gasteiger partial charge in [-0.05, 0) is 50.0 Å². The Hall–Kier alpha value is -3.50. The highest BCUT2D eigenvalue weighted by atomic mass is 35.5. The fourth-order valence-electron chi connectivity index (χ4n) is 2.89. The Morgan fingerprint density at radius 3 is 2.34 bits per heavy atom. The van der Waals surface area contributed by atoms with Gasteiger partial charge < -0.3 is 25.0 Å². The van der Waals surface area contributed by atoms with Gasteiger partial charge in [0.05, 0.1) is 16.3 Å². The topological polar surface area (TPSA) is 75.7 Å². The van der Waals surface area contributed by atoms with E-state index >= 15 is 0 Å². The first kappa shape index (κ1) is 26.1. The molecule has 1 heterocycles. The van der Waals surface area contributed by atoms with Crippen LogP contribution in [0.5, 0.6) is 17.2 Å². The summed E-state index contributed by atoms with van der Waals surface area (Å²) >= 11 is 5.82. The molecule has 0 radical (unpaired) electrons. The summed E-state index contributed by atoms with van der Waals surface area (Å²) in [7, 11) is 3.65. The van der Waals surface area contributed by atoms with E-state index in [1.807, 2.05) is 19.0 Å². The number of urea groups is 1. The van der Waals surface area contributed by atoms with Gasteiger partial charge in [-0.15, -0.1) is 0 Å². The number of benzene rings is 2. The number of carbonyl (C=O) groups is 1. The van der Waals surface area contributed by atoms with E-state index in [4.69, 9.17) is 21.1 Å². The summed E-state index contributed by atoms with van der Waals surface area (Å²) < 4.78 is 51.2. The number of hydrogen-bond donors (Lipinski definition) is 2. The zero-order valence-electron chi connectivity index (χ0n) is 19.0. The monoisotopic (exact) mass is 508 g/mol. The molecule has 0 aliphatic rings. The van der Waals surface area contributed by atoms with Gasteiger partial charge in [-0.25, -0.2) is 4.79 Å². The Kier molecular flexibility index (Phi) is 8.78. The number of rotatable bonds is 9. The van der Waals surface area contributed by atoms with Crippen LogP contribution in [-0.2, 0) is 12.7 Å². The predicted octanol–water partition coefficient (Wildman–Crippen LogP) is 5.81. The molecule has 7 nitrogen and oxygen atoms in total. The molecule has 0 saturated heterocycles. The van der Waals surface area contributed by atoms with Gasteiger partial charge in [0.2, 0.25) is 0 Å². The maximum atomic E-state index is 13.3. The number of pyridine rings is 1. The summed E-state index contributed by atoms with van der Waals surface area (Å²) in [5.41, 5.74) is -0.449. The number of alkyl halides is 3. The third kappa shape index (κ3) is 8.04. The van der Waals surface area contributed by atoms with E-state index in [1.165, 1.54) is 0 Å².